The Hall–Kier alpha value is -3.39. The topological polar surface area (TPSA) is 116 Å². The Morgan fingerprint density at radius 1 is 1.12 bits per heavy atom. The third-order valence-corrected chi connectivity index (χ3v) is 6.71. The largest absolute Gasteiger partial charge is 0.504 e. The van der Waals surface area contributed by atoms with Crippen molar-refractivity contribution in [2.24, 2.45) is 17.8 Å². The first-order valence-electron chi connectivity index (χ1n) is 11.6. The number of rotatable bonds is 8. The van der Waals surface area contributed by atoms with Crippen molar-refractivity contribution in [2.45, 2.75) is 45.3 Å². The zero-order valence-corrected chi connectivity index (χ0v) is 19.5. The van der Waals surface area contributed by atoms with E-state index in [-0.39, 0.29) is 30.4 Å². The summed E-state index contributed by atoms with van der Waals surface area (Å²) in [6.07, 6.45) is 0.157. The molecule has 2 heterocycles. The molecule has 34 heavy (non-hydrogen) atoms. The van der Waals surface area contributed by atoms with Gasteiger partial charge in [0.05, 0.1) is 25.0 Å². The predicted octanol–water partition coefficient (Wildman–Crippen LogP) is 3.11. The maximum Gasteiger partial charge on any atom is 0.324 e. The van der Waals surface area contributed by atoms with Crippen LogP contribution in [0.25, 0.3) is 0 Å². The lowest BCUT2D eigenvalue weighted by Crippen LogP contribution is -2.56. The third kappa shape index (κ3) is 3.81. The maximum atomic E-state index is 13.7. The number of phenols is 1. The van der Waals surface area contributed by atoms with Crippen LogP contribution in [0.1, 0.15) is 44.4 Å². The van der Waals surface area contributed by atoms with Crippen molar-refractivity contribution >= 4 is 17.8 Å². The quantitative estimate of drug-likeness (QED) is 0.512. The molecule has 4 unspecified atom stereocenters. The number of para-hydroxylation sites is 1. The molecule has 4 atom stereocenters. The molecule has 0 radical (unpaired) electrons. The number of phenolic OH excluding ortho intramolecular Hbond substituents is 1. The van der Waals surface area contributed by atoms with Crippen molar-refractivity contribution in [1.29, 1.82) is 0 Å². The number of ether oxygens (including phenoxy) is 1. The summed E-state index contributed by atoms with van der Waals surface area (Å²) >= 11 is 0. The SMILES string of the molecule is CCOc1cccc(C2NC(CC(C)C)(C(=O)O)C3C(=O)N(Cc4ccccc4)C(=O)C23)c1O. The second kappa shape index (κ2) is 9.10. The molecule has 0 spiro atoms. The monoisotopic (exact) mass is 466 g/mol. The van der Waals surface area contributed by atoms with E-state index in [0.29, 0.717) is 12.2 Å². The van der Waals surface area contributed by atoms with Gasteiger partial charge in [-0.25, -0.2) is 0 Å². The number of amides is 2. The fourth-order valence-corrected chi connectivity index (χ4v) is 5.43. The van der Waals surface area contributed by atoms with Crippen LogP contribution in [0, 0.1) is 17.8 Å². The standard InChI is InChI=1S/C26H30N2O6/c1-4-34-18-12-8-11-17(22(18)29)21-19-20(26(27-21,25(32)33)13-15(2)3)24(31)28(23(19)30)14-16-9-6-5-7-10-16/h5-12,15,19-21,27,29H,4,13-14H2,1-3H3,(H,32,33). The molecular weight excluding hydrogens is 436 g/mol. The Labute approximate surface area is 198 Å². The lowest BCUT2D eigenvalue weighted by molar-refractivity contribution is -0.152. The minimum atomic E-state index is -1.64. The van der Waals surface area contributed by atoms with Gasteiger partial charge in [0.25, 0.3) is 0 Å². The van der Waals surface area contributed by atoms with Crippen LogP contribution in [-0.4, -0.2) is 45.0 Å². The number of carboxylic acid groups (broad SMARTS) is 1. The normalized spacial score (nSPS) is 26.2. The second-order valence-electron chi connectivity index (χ2n) is 9.38. The molecule has 0 aromatic heterocycles. The van der Waals surface area contributed by atoms with Gasteiger partial charge < -0.3 is 14.9 Å². The number of aliphatic carboxylic acids is 1. The van der Waals surface area contributed by atoms with Crippen LogP contribution in [0.3, 0.4) is 0 Å². The highest BCUT2D eigenvalue weighted by Gasteiger charge is 2.68. The van der Waals surface area contributed by atoms with Gasteiger partial charge >= 0.3 is 5.97 Å². The number of likely N-dealkylation sites (tertiary alicyclic amines) is 1. The first kappa shape index (κ1) is 23.8. The smallest absolute Gasteiger partial charge is 0.324 e. The molecule has 2 aliphatic heterocycles. The summed E-state index contributed by atoms with van der Waals surface area (Å²) in [7, 11) is 0. The number of carboxylic acids is 1. The van der Waals surface area contributed by atoms with E-state index < -0.39 is 41.2 Å². The number of carbonyl (C=O) groups excluding carboxylic acids is 2. The summed E-state index contributed by atoms with van der Waals surface area (Å²) in [6.45, 7) is 5.95. The fourth-order valence-electron chi connectivity index (χ4n) is 5.43. The number of benzene rings is 2. The molecule has 0 aliphatic carbocycles. The minimum Gasteiger partial charge on any atom is -0.504 e. The zero-order valence-electron chi connectivity index (χ0n) is 19.5. The number of hydrogen-bond acceptors (Lipinski definition) is 6. The van der Waals surface area contributed by atoms with E-state index in [2.05, 4.69) is 5.32 Å². The molecule has 8 nitrogen and oxygen atoms in total. The first-order chi connectivity index (χ1) is 16.2. The van der Waals surface area contributed by atoms with Crippen LogP contribution in [0.15, 0.2) is 48.5 Å². The van der Waals surface area contributed by atoms with Crippen LogP contribution >= 0.6 is 0 Å². The average molecular weight is 467 g/mol. The molecule has 180 valence electrons. The molecule has 8 heteroatoms. The van der Waals surface area contributed by atoms with Gasteiger partial charge in [0.2, 0.25) is 11.8 Å². The van der Waals surface area contributed by atoms with Crippen LogP contribution in [0.4, 0.5) is 0 Å². The Morgan fingerprint density at radius 2 is 1.82 bits per heavy atom. The highest BCUT2D eigenvalue weighted by molar-refractivity contribution is 6.09. The van der Waals surface area contributed by atoms with E-state index in [1.54, 1.807) is 25.1 Å². The molecule has 2 amide bonds. The molecule has 2 aromatic rings. The lowest BCUT2D eigenvalue weighted by Gasteiger charge is -2.32. The summed E-state index contributed by atoms with van der Waals surface area (Å²) in [6, 6.07) is 13.2. The molecule has 0 saturated carbocycles. The summed E-state index contributed by atoms with van der Waals surface area (Å²) in [5.41, 5.74) is -0.523. The Balaban J connectivity index is 1.82. The Kier molecular flexibility index (Phi) is 6.36. The maximum absolute atomic E-state index is 13.7. The molecule has 3 N–H and O–H groups in total. The van der Waals surface area contributed by atoms with Gasteiger partial charge in [-0.3, -0.25) is 24.6 Å². The van der Waals surface area contributed by atoms with Gasteiger partial charge in [0.1, 0.15) is 5.54 Å². The molecule has 2 aromatic carbocycles. The molecule has 2 fully saturated rings. The van der Waals surface area contributed by atoms with E-state index in [9.17, 15) is 24.6 Å². The molecule has 0 bridgehead atoms. The van der Waals surface area contributed by atoms with Crippen molar-refractivity contribution in [2.75, 3.05) is 6.61 Å². The van der Waals surface area contributed by atoms with E-state index in [1.165, 1.54) is 4.90 Å². The number of carbonyl (C=O) groups is 3. The van der Waals surface area contributed by atoms with Crippen molar-refractivity contribution in [1.82, 2.24) is 10.2 Å². The van der Waals surface area contributed by atoms with Gasteiger partial charge in [-0.1, -0.05) is 56.3 Å². The van der Waals surface area contributed by atoms with Gasteiger partial charge in [-0.05, 0) is 30.9 Å². The summed E-state index contributed by atoms with van der Waals surface area (Å²) in [5.74, 6) is -4.15. The summed E-state index contributed by atoms with van der Waals surface area (Å²) in [4.78, 5) is 41.2. The number of fused-ring (bicyclic) bond motifs is 1. The van der Waals surface area contributed by atoms with E-state index >= 15 is 0 Å². The minimum absolute atomic E-state index is 0.0579. The molecule has 2 aliphatic rings. The fraction of sp³-hybridized carbons (Fsp3) is 0.423. The van der Waals surface area contributed by atoms with Crippen molar-refractivity contribution in [3.8, 4) is 11.5 Å². The second-order valence-corrected chi connectivity index (χ2v) is 9.38. The third-order valence-electron chi connectivity index (χ3n) is 6.71. The van der Waals surface area contributed by atoms with E-state index in [4.69, 9.17) is 4.74 Å². The summed E-state index contributed by atoms with van der Waals surface area (Å²) in [5, 5.41) is 24.4. The number of aromatic hydroxyl groups is 1. The van der Waals surface area contributed by atoms with Crippen LogP contribution < -0.4 is 10.1 Å². The number of hydrogen-bond donors (Lipinski definition) is 3. The highest BCUT2D eigenvalue weighted by Crippen LogP contribution is 2.53. The predicted molar refractivity (Wildman–Crippen MR) is 124 cm³/mol. The molecular formula is C26H30N2O6. The number of imide groups is 1. The Bertz CT molecular complexity index is 1100. The number of nitrogens with one attached hydrogen (secondary N) is 1. The van der Waals surface area contributed by atoms with Gasteiger partial charge in [-0.2, -0.15) is 0 Å². The van der Waals surface area contributed by atoms with E-state index in [0.717, 1.165) is 5.56 Å². The molecule has 4 rings (SSSR count). The van der Waals surface area contributed by atoms with Gasteiger partial charge in [0.15, 0.2) is 11.5 Å². The average Bonchev–Trinajstić information content (AvgIpc) is 3.25. The molecule has 2 saturated heterocycles. The van der Waals surface area contributed by atoms with Crippen LogP contribution in [0.5, 0.6) is 11.5 Å². The Morgan fingerprint density at radius 3 is 2.44 bits per heavy atom. The van der Waals surface area contributed by atoms with Crippen LogP contribution in [0.2, 0.25) is 0 Å². The number of nitrogens with zero attached hydrogens (tertiary/aromatic N) is 1. The van der Waals surface area contributed by atoms with E-state index in [1.807, 2.05) is 44.2 Å². The highest BCUT2D eigenvalue weighted by atomic mass is 16.5. The van der Waals surface area contributed by atoms with Crippen molar-refractivity contribution < 1.29 is 29.3 Å². The zero-order chi connectivity index (χ0) is 24.6. The first-order valence-corrected chi connectivity index (χ1v) is 11.6. The van der Waals surface area contributed by atoms with Crippen molar-refractivity contribution in [3.63, 3.8) is 0 Å². The van der Waals surface area contributed by atoms with Crippen molar-refractivity contribution in [3.05, 3.63) is 59.7 Å². The summed E-state index contributed by atoms with van der Waals surface area (Å²) < 4.78 is 5.50. The lowest BCUT2D eigenvalue weighted by atomic mass is 9.75. The van der Waals surface area contributed by atoms with Crippen LogP contribution in [-0.2, 0) is 20.9 Å². The van der Waals surface area contributed by atoms with Gasteiger partial charge in [0, 0.05) is 11.6 Å². The van der Waals surface area contributed by atoms with Gasteiger partial charge in [-0.15, -0.1) is 0 Å².